The van der Waals surface area contributed by atoms with Crippen molar-refractivity contribution in [3.63, 3.8) is 0 Å². The standard InChI is InChI=1S/C17H17N3O2S/c1-11(14-10-22-15-5-3-2-4-13(14)15)18-9-12-8-16(21)20-6-7-23-17(20)19-12/h2-8,11,14,18H,9-10H2,1H3. The highest BCUT2D eigenvalue weighted by atomic mass is 32.1. The third-order valence-corrected chi connectivity index (χ3v) is 5.06. The van der Waals surface area contributed by atoms with E-state index in [2.05, 4.69) is 23.3 Å². The van der Waals surface area contributed by atoms with Crippen LogP contribution in [-0.2, 0) is 6.54 Å². The average Bonchev–Trinajstić information content (AvgIpc) is 3.19. The van der Waals surface area contributed by atoms with Crippen LogP contribution in [-0.4, -0.2) is 22.0 Å². The van der Waals surface area contributed by atoms with Crippen LogP contribution in [0.3, 0.4) is 0 Å². The van der Waals surface area contributed by atoms with Gasteiger partial charge in [-0.3, -0.25) is 9.20 Å². The van der Waals surface area contributed by atoms with Gasteiger partial charge in [0.15, 0.2) is 4.96 Å². The molecule has 0 saturated carbocycles. The molecule has 3 aromatic rings. The first kappa shape index (κ1) is 14.4. The molecule has 0 fully saturated rings. The van der Waals surface area contributed by atoms with E-state index in [9.17, 15) is 4.79 Å². The molecule has 1 aliphatic heterocycles. The van der Waals surface area contributed by atoms with Gasteiger partial charge in [-0.15, -0.1) is 11.3 Å². The van der Waals surface area contributed by atoms with Gasteiger partial charge >= 0.3 is 0 Å². The summed E-state index contributed by atoms with van der Waals surface area (Å²) in [6.45, 7) is 3.41. The van der Waals surface area contributed by atoms with Crippen molar-refractivity contribution in [2.24, 2.45) is 0 Å². The van der Waals surface area contributed by atoms with Gasteiger partial charge in [-0.1, -0.05) is 18.2 Å². The van der Waals surface area contributed by atoms with E-state index in [0.29, 0.717) is 19.1 Å². The molecule has 0 saturated heterocycles. The molecule has 1 aromatic carbocycles. The van der Waals surface area contributed by atoms with Crippen LogP contribution in [0.1, 0.15) is 24.1 Å². The number of hydrogen-bond acceptors (Lipinski definition) is 5. The summed E-state index contributed by atoms with van der Waals surface area (Å²) < 4.78 is 7.31. The quantitative estimate of drug-likeness (QED) is 0.799. The van der Waals surface area contributed by atoms with E-state index >= 15 is 0 Å². The fourth-order valence-electron chi connectivity index (χ4n) is 2.99. The highest BCUT2D eigenvalue weighted by molar-refractivity contribution is 7.15. The number of hydrogen-bond donors (Lipinski definition) is 1. The lowest BCUT2D eigenvalue weighted by molar-refractivity contribution is 0.303. The monoisotopic (exact) mass is 327 g/mol. The zero-order valence-corrected chi connectivity index (χ0v) is 13.5. The van der Waals surface area contributed by atoms with Crippen molar-refractivity contribution >= 4 is 16.3 Å². The summed E-state index contributed by atoms with van der Waals surface area (Å²) in [6.07, 6.45) is 1.75. The predicted octanol–water partition coefficient (Wildman–Crippen LogP) is 2.41. The van der Waals surface area contributed by atoms with Gasteiger partial charge in [0.05, 0.1) is 12.3 Å². The Morgan fingerprint density at radius 3 is 3.26 bits per heavy atom. The van der Waals surface area contributed by atoms with Crippen LogP contribution in [0, 0.1) is 0 Å². The van der Waals surface area contributed by atoms with Gasteiger partial charge < -0.3 is 10.1 Å². The normalized spacial score (nSPS) is 17.9. The molecule has 0 aliphatic carbocycles. The lowest BCUT2D eigenvalue weighted by Gasteiger charge is -2.19. The number of ether oxygens (including phenoxy) is 1. The smallest absolute Gasteiger partial charge is 0.258 e. The highest BCUT2D eigenvalue weighted by Crippen LogP contribution is 2.35. The van der Waals surface area contributed by atoms with Crippen LogP contribution in [0.15, 0.2) is 46.7 Å². The molecule has 2 atom stereocenters. The SMILES string of the molecule is CC(NCc1cc(=O)n2ccsc2n1)C1COc2ccccc21. The second-order valence-electron chi connectivity index (χ2n) is 5.77. The van der Waals surface area contributed by atoms with Crippen LogP contribution < -0.4 is 15.6 Å². The summed E-state index contributed by atoms with van der Waals surface area (Å²) in [7, 11) is 0. The average molecular weight is 327 g/mol. The summed E-state index contributed by atoms with van der Waals surface area (Å²) in [5, 5.41) is 5.35. The third-order valence-electron chi connectivity index (χ3n) is 4.30. The van der Waals surface area contributed by atoms with Gasteiger partial charge in [-0.25, -0.2) is 4.98 Å². The Kier molecular flexibility index (Phi) is 3.63. The number of fused-ring (bicyclic) bond motifs is 2. The minimum absolute atomic E-state index is 0.0322. The minimum atomic E-state index is -0.0322. The molecule has 118 valence electrons. The molecule has 6 heteroatoms. The molecule has 0 amide bonds. The zero-order valence-electron chi connectivity index (χ0n) is 12.7. The van der Waals surface area contributed by atoms with Gasteiger partial charge in [0, 0.05) is 41.7 Å². The molecule has 0 radical (unpaired) electrons. The van der Waals surface area contributed by atoms with Crippen molar-refractivity contribution in [3.8, 4) is 5.75 Å². The molecule has 23 heavy (non-hydrogen) atoms. The number of para-hydroxylation sites is 1. The molecular formula is C17H17N3O2S. The lowest BCUT2D eigenvalue weighted by atomic mass is 9.94. The van der Waals surface area contributed by atoms with Crippen LogP contribution >= 0.6 is 11.3 Å². The number of aromatic nitrogens is 2. The molecule has 3 heterocycles. The largest absolute Gasteiger partial charge is 0.493 e. The molecule has 0 spiro atoms. The van der Waals surface area contributed by atoms with Crippen LogP contribution in [0.25, 0.3) is 4.96 Å². The van der Waals surface area contributed by atoms with Gasteiger partial charge in [-0.05, 0) is 13.0 Å². The second-order valence-corrected chi connectivity index (χ2v) is 6.64. The Balaban J connectivity index is 1.49. The van der Waals surface area contributed by atoms with Crippen LogP contribution in [0.4, 0.5) is 0 Å². The van der Waals surface area contributed by atoms with Crippen molar-refractivity contribution in [2.75, 3.05) is 6.61 Å². The number of nitrogens with zero attached hydrogens (tertiary/aromatic N) is 2. The molecule has 1 N–H and O–H groups in total. The fraction of sp³-hybridized carbons (Fsp3) is 0.294. The maximum absolute atomic E-state index is 12.0. The summed E-state index contributed by atoms with van der Waals surface area (Å²) in [4.78, 5) is 17.3. The highest BCUT2D eigenvalue weighted by Gasteiger charge is 2.28. The van der Waals surface area contributed by atoms with Crippen molar-refractivity contribution in [3.05, 3.63) is 63.5 Å². The Morgan fingerprint density at radius 2 is 2.35 bits per heavy atom. The predicted molar refractivity (Wildman–Crippen MR) is 90.3 cm³/mol. The van der Waals surface area contributed by atoms with Gasteiger partial charge in [0.25, 0.3) is 5.56 Å². The fourth-order valence-corrected chi connectivity index (χ4v) is 3.73. The summed E-state index contributed by atoms with van der Waals surface area (Å²) in [5.74, 6) is 1.29. The maximum atomic E-state index is 12.0. The number of thiazole rings is 1. The van der Waals surface area contributed by atoms with Gasteiger partial charge in [-0.2, -0.15) is 0 Å². The molecule has 2 unspecified atom stereocenters. The van der Waals surface area contributed by atoms with Gasteiger partial charge in [0.2, 0.25) is 0 Å². The minimum Gasteiger partial charge on any atom is -0.493 e. The molecule has 5 nitrogen and oxygen atoms in total. The van der Waals surface area contributed by atoms with Crippen molar-refractivity contribution in [2.45, 2.75) is 25.4 Å². The van der Waals surface area contributed by atoms with Crippen molar-refractivity contribution in [1.82, 2.24) is 14.7 Å². The van der Waals surface area contributed by atoms with Crippen molar-refractivity contribution < 1.29 is 4.74 Å². The first-order valence-electron chi connectivity index (χ1n) is 7.63. The van der Waals surface area contributed by atoms with E-state index in [1.165, 1.54) is 16.9 Å². The van der Waals surface area contributed by atoms with E-state index in [0.717, 1.165) is 16.4 Å². The Labute approximate surface area is 137 Å². The molecule has 4 rings (SSSR count). The summed E-state index contributed by atoms with van der Waals surface area (Å²) >= 11 is 1.47. The Hall–Kier alpha value is -2.18. The number of nitrogens with one attached hydrogen (secondary N) is 1. The second kappa shape index (κ2) is 5.79. The van der Waals surface area contributed by atoms with E-state index in [1.807, 2.05) is 23.6 Å². The topological polar surface area (TPSA) is 55.6 Å². The Morgan fingerprint density at radius 1 is 1.48 bits per heavy atom. The summed E-state index contributed by atoms with van der Waals surface area (Å²) in [5.41, 5.74) is 1.99. The number of rotatable bonds is 4. The molecule has 0 bridgehead atoms. The zero-order chi connectivity index (χ0) is 15.8. The van der Waals surface area contributed by atoms with Crippen LogP contribution in [0.5, 0.6) is 5.75 Å². The van der Waals surface area contributed by atoms with E-state index in [-0.39, 0.29) is 11.6 Å². The van der Waals surface area contributed by atoms with E-state index < -0.39 is 0 Å². The molecule has 2 aromatic heterocycles. The molecular weight excluding hydrogens is 310 g/mol. The first-order valence-corrected chi connectivity index (χ1v) is 8.51. The van der Waals surface area contributed by atoms with Crippen LogP contribution in [0.2, 0.25) is 0 Å². The maximum Gasteiger partial charge on any atom is 0.258 e. The van der Waals surface area contributed by atoms with E-state index in [1.54, 1.807) is 16.7 Å². The third kappa shape index (κ3) is 2.64. The molecule has 1 aliphatic rings. The first-order chi connectivity index (χ1) is 11.2. The van der Waals surface area contributed by atoms with Crippen molar-refractivity contribution in [1.29, 1.82) is 0 Å². The summed E-state index contributed by atoms with van der Waals surface area (Å²) in [6, 6.07) is 10.00. The van der Waals surface area contributed by atoms with E-state index in [4.69, 9.17) is 4.74 Å². The van der Waals surface area contributed by atoms with Gasteiger partial charge in [0.1, 0.15) is 5.75 Å². The Bertz CT molecular complexity index is 902. The number of benzene rings is 1. The lowest BCUT2D eigenvalue weighted by Crippen LogP contribution is -2.33.